The standard InChI is InChI=1S/C15H17ClN2O4/c1-2-17-13(19)9-18-14(20)10-22-15(21)8-5-11-3-6-12(16)7-4-11/h3-8H,2,9-10H2,1H3,(H,17,19)(H,18,20)/b8-5+. The van der Waals surface area contributed by atoms with Gasteiger partial charge < -0.3 is 15.4 Å². The average molecular weight is 325 g/mol. The van der Waals surface area contributed by atoms with E-state index in [0.717, 1.165) is 5.56 Å². The minimum absolute atomic E-state index is 0.148. The second-order valence-electron chi connectivity index (χ2n) is 4.22. The molecule has 0 radical (unpaired) electrons. The molecule has 0 bridgehead atoms. The number of rotatable bonds is 7. The molecule has 0 fully saturated rings. The van der Waals surface area contributed by atoms with E-state index in [9.17, 15) is 14.4 Å². The van der Waals surface area contributed by atoms with Gasteiger partial charge in [0.25, 0.3) is 5.91 Å². The Balaban J connectivity index is 2.29. The molecule has 0 spiro atoms. The number of benzene rings is 1. The van der Waals surface area contributed by atoms with Crippen LogP contribution in [0.5, 0.6) is 0 Å². The zero-order chi connectivity index (χ0) is 16.4. The number of halogens is 1. The molecule has 0 aromatic heterocycles. The van der Waals surface area contributed by atoms with E-state index < -0.39 is 18.5 Å². The van der Waals surface area contributed by atoms with Crippen molar-refractivity contribution in [1.82, 2.24) is 10.6 Å². The number of ether oxygens (including phenoxy) is 1. The number of carbonyl (C=O) groups excluding carboxylic acids is 3. The van der Waals surface area contributed by atoms with Crippen LogP contribution in [0.4, 0.5) is 0 Å². The molecular formula is C15H17ClN2O4. The molecule has 1 rings (SSSR count). The average Bonchev–Trinajstić information content (AvgIpc) is 2.50. The van der Waals surface area contributed by atoms with Gasteiger partial charge in [-0.3, -0.25) is 9.59 Å². The van der Waals surface area contributed by atoms with Gasteiger partial charge in [0.1, 0.15) is 0 Å². The van der Waals surface area contributed by atoms with Crippen LogP contribution in [0.25, 0.3) is 6.08 Å². The molecule has 1 aromatic carbocycles. The van der Waals surface area contributed by atoms with Crippen LogP contribution in [0.2, 0.25) is 5.02 Å². The van der Waals surface area contributed by atoms with Gasteiger partial charge in [0.05, 0.1) is 6.54 Å². The first-order valence-corrected chi connectivity index (χ1v) is 7.03. The van der Waals surface area contributed by atoms with Crippen LogP contribution in [-0.4, -0.2) is 37.5 Å². The molecule has 0 aliphatic carbocycles. The molecule has 2 amide bonds. The molecule has 0 saturated carbocycles. The maximum atomic E-state index is 11.4. The van der Waals surface area contributed by atoms with Gasteiger partial charge in [0, 0.05) is 17.6 Å². The highest BCUT2D eigenvalue weighted by Crippen LogP contribution is 2.10. The molecule has 2 N–H and O–H groups in total. The first kappa shape index (κ1) is 17.7. The van der Waals surface area contributed by atoms with Gasteiger partial charge >= 0.3 is 5.97 Å². The molecule has 0 unspecified atom stereocenters. The van der Waals surface area contributed by atoms with Crippen molar-refractivity contribution in [2.45, 2.75) is 6.92 Å². The fourth-order valence-electron chi connectivity index (χ4n) is 1.41. The highest BCUT2D eigenvalue weighted by Gasteiger charge is 2.06. The van der Waals surface area contributed by atoms with Gasteiger partial charge in [-0.15, -0.1) is 0 Å². The van der Waals surface area contributed by atoms with Crippen LogP contribution in [0.15, 0.2) is 30.3 Å². The highest BCUT2D eigenvalue weighted by atomic mass is 35.5. The normalized spacial score (nSPS) is 10.3. The number of nitrogens with one attached hydrogen (secondary N) is 2. The van der Waals surface area contributed by atoms with Crippen LogP contribution >= 0.6 is 11.6 Å². The lowest BCUT2D eigenvalue weighted by atomic mass is 10.2. The quantitative estimate of drug-likeness (QED) is 0.582. The van der Waals surface area contributed by atoms with Gasteiger partial charge in [-0.05, 0) is 30.7 Å². The molecule has 0 aliphatic heterocycles. The first-order chi connectivity index (χ1) is 10.5. The lowest BCUT2D eigenvalue weighted by Gasteiger charge is -2.05. The Bertz CT molecular complexity index is 555. The smallest absolute Gasteiger partial charge is 0.331 e. The summed E-state index contributed by atoms with van der Waals surface area (Å²) >= 11 is 5.74. The summed E-state index contributed by atoms with van der Waals surface area (Å²) < 4.78 is 4.75. The Kier molecular flexibility index (Phi) is 7.70. The Labute approximate surface area is 133 Å². The third-order valence-corrected chi connectivity index (χ3v) is 2.70. The topological polar surface area (TPSA) is 84.5 Å². The van der Waals surface area contributed by atoms with Crippen molar-refractivity contribution in [2.24, 2.45) is 0 Å². The lowest BCUT2D eigenvalue weighted by Crippen LogP contribution is -2.38. The number of carbonyl (C=O) groups is 3. The van der Waals surface area contributed by atoms with E-state index in [1.165, 1.54) is 6.08 Å². The van der Waals surface area contributed by atoms with Crippen molar-refractivity contribution >= 4 is 35.5 Å². The van der Waals surface area contributed by atoms with E-state index in [2.05, 4.69) is 10.6 Å². The monoisotopic (exact) mass is 324 g/mol. The van der Waals surface area contributed by atoms with Crippen LogP contribution in [-0.2, 0) is 19.1 Å². The number of hydrogen-bond donors (Lipinski definition) is 2. The van der Waals surface area contributed by atoms with E-state index in [1.807, 2.05) is 0 Å². The maximum Gasteiger partial charge on any atom is 0.331 e. The van der Waals surface area contributed by atoms with Crippen LogP contribution < -0.4 is 10.6 Å². The van der Waals surface area contributed by atoms with Crippen molar-refractivity contribution in [2.75, 3.05) is 19.7 Å². The summed E-state index contributed by atoms with van der Waals surface area (Å²) in [6, 6.07) is 6.87. The van der Waals surface area contributed by atoms with E-state index in [1.54, 1.807) is 37.3 Å². The number of amides is 2. The molecular weight excluding hydrogens is 308 g/mol. The van der Waals surface area contributed by atoms with Crippen molar-refractivity contribution in [1.29, 1.82) is 0 Å². The summed E-state index contributed by atoms with van der Waals surface area (Å²) in [4.78, 5) is 33.9. The van der Waals surface area contributed by atoms with Gasteiger partial charge in [-0.1, -0.05) is 23.7 Å². The van der Waals surface area contributed by atoms with Gasteiger partial charge in [0.2, 0.25) is 5.91 Å². The minimum atomic E-state index is -0.650. The molecule has 0 heterocycles. The molecule has 6 nitrogen and oxygen atoms in total. The zero-order valence-electron chi connectivity index (χ0n) is 12.1. The van der Waals surface area contributed by atoms with E-state index in [-0.39, 0.29) is 12.5 Å². The highest BCUT2D eigenvalue weighted by molar-refractivity contribution is 6.30. The molecule has 22 heavy (non-hydrogen) atoms. The second-order valence-corrected chi connectivity index (χ2v) is 4.66. The minimum Gasteiger partial charge on any atom is -0.452 e. The van der Waals surface area contributed by atoms with E-state index in [0.29, 0.717) is 11.6 Å². The summed E-state index contributed by atoms with van der Waals surface area (Å²) in [5.74, 6) is -1.49. The van der Waals surface area contributed by atoms with Gasteiger partial charge in [-0.25, -0.2) is 4.79 Å². The molecule has 0 aliphatic rings. The molecule has 0 atom stereocenters. The van der Waals surface area contributed by atoms with Crippen molar-refractivity contribution in [3.05, 3.63) is 40.9 Å². The summed E-state index contributed by atoms with van der Waals surface area (Å²) in [7, 11) is 0. The summed E-state index contributed by atoms with van der Waals surface area (Å²) in [6.45, 7) is 1.67. The van der Waals surface area contributed by atoms with Gasteiger partial charge in [0.15, 0.2) is 6.61 Å². The molecule has 7 heteroatoms. The Hall–Kier alpha value is -2.34. The Morgan fingerprint density at radius 1 is 1.14 bits per heavy atom. The Morgan fingerprint density at radius 3 is 2.45 bits per heavy atom. The predicted octanol–water partition coefficient (Wildman–Crippen LogP) is 1.15. The fourth-order valence-corrected chi connectivity index (χ4v) is 1.54. The van der Waals surface area contributed by atoms with Crippen molar-refractivity contribution in [3.8, 4) is 0 Å². The Morgan fingerprint density at radius 2 is 1.82 bits per heavy atom. The lowest BCUT2D eigenvalue weighted by molar-refractivity contribution is -0.143. The van der Waals surface area contributed by atoms with E-state index >= 15 is 0 Å². The van der Waals surface area contributed by atoms with Crippen LogP contribution in [0, 0.1) is 0 Å². The fraction of sp³-hybridized carbons (Fsp3) is 0.267. The van der Waals surface area contributed by atoms with Gasteiger partial charge in [-0.2, -0.15) is 0 Å². The third-order valence-electron chi connectivity index (χ3n) is 2.45. The summed E-state index contributed by atoms with van der Waals surface area (Å²) in [5, 5.41) is 5.46. The van der Waals surface area contributed by atoms with Crippen molar-refractivity contribution < 1.29 is 19.1 Å². The number of likely N-dealkylation sites (N-methyl/N-ethyl adjacent to an activating group) is 1. The number of hydrogen-bond acceptors (Lipinski definition) is 4. The maximum absolute atomic E-state index is 11.4. The summed E-state index contributed by atoms with van der Waals surface area (Å²) in [5.41, 5.74) is 0.780. The predicted molar refractivity (Wildman–Crippen MR) is 83.1 cm³/mol. The first-order valence-electron chi connectivity index (χ1n) is 6.65. The van der Waals surface area contributed by atoms with Crippen LogP contribution in [0.1, 0.15) is 12.5 Å². The molecule has 1 aromatic rings. The SMILES string of the molecule is CCNC(=O)CNC(=O)COC(=O)/C=C/c1ccc(Cl)cc1. The van der Waals surface area contributed by atoms with E-state index in [4.69, 9.17) is 16.3 Å². The second kappa shape index (κ2) is 9.57. The molecule has 0 saturated heterocycles. The van der Waals surface area contributed by atoms with Crippen molar-refractivity contribution in [3.63, 3.8) is 0 Å². The molecule has 118 valence electrons. The largest absolute Gasteiger partial charge is 0.452 e. The summed E-state index contributed by atoms with van der Waals surface area (Å²) in [6.07, 6.45) is 2.76. The third kappa shape index (κ3) is 7.44. The zero-order valence-corrected chi connectivity index (χ0v) is 12.9. The van der Waals surface area contributed by atoms with Crippen LogP contribution in [0.3, 0.4) is 0 Å². The number of esters is 1.